The molecule has 3 fully saturated rings. The first kappa shape index (κ1) is 24.5. The predicted octanol–water partition coefficient (Wildman–Crippen LogP) is 3.84. The minimum absolute atomic E-state index is 0.0346. The highest BCUT2D eigenvalue weighted by Gasteiger charge is 2.57. The molecule has 3 aliphatic rings. The second kappa shape index (κ2) is 9.35. The Morgan fingerprint density at radius 1 is 1.17 bits per heavy atom. The van der Waals surface area contributed by atoms with Gasteiger partial charge in [-0.25, -0.2) is 9.18 Å². The summed E-state index contributed by atoms with van der Waals surface area (Å²) in [5.74, 6) is -0.503. The van der Waals surface area contributed by atoms with E-state index in [0.717, 1.165) is 31.2 Å². The number of benzene rings is 1. The Morgan fingerprint density at radius 3 is 2.61 bits per heavy atom. The van der Waals surface area contributed by atoms with Crippen LogP contribution in [0.25, 0.3) is 11.1 Å². The number of aliphatic hydroxyl groups excluding tert-OH is 1. The van der Waals surface area contributed by atoms with Crippen LogP contribution in [0.3, 0.4) is 0 Å². The maximum atomic E-state index is 15.4. The number of amides is 2. The average Bonchev–Trinajstić information content (AvgIpc) is 3.12. The maximum absolute atomic E-state index is 15.4. The van der Waals surface area contributed by atoms with Gasteiger partial charge in [-0.1, -0.05) is 12.1 Å². The summed E-state index contributed by atoms with van der Waals surface area (Å²) in [4.78, 5) is 33.6. The van der Waals surface area contributed by atoms with Gasteiger partial charge in [0.25, 0.3) is 5.91 Å². The first-order valence-corrected chi connectivity index (χ1v) is 12.6. The Bertz CT molecular complexity index is 1160. The van der Waals surface area contributed by atoms with Crippen molar-refractivity contribution >= 4 is 17.7 Å². The monoisotopic (exact) mass is 496 g/mol. The van der Waals surface area contributed by atoms with Crippen molar-refractivity contribution in [1.82, 2.24) is 14.8 Å². The van der Waals surface area contributed by atoms with E-state index in [1.807, 2.05) is 11.0 Å². The van der Waals surface area contributed by atoms with Crippen LogP contribution in [0.15, 0.2) is 36.5 Å². The van der Waals surface area contributed by atoms with Crippen LogP contribution in [0.4, 0.5) is 14.9 Å². The number of pyridine rings is 1. The van der Waals surface area contributed by atoms with Crippen molar-refractivity contribution in [3.63, 3.8) is 0 Å². The standard InChI is InChI=1S/C27H33FN4O4/c1-30(2)25(34)23-7-5-18(15-29-23)17-6-8-24(22(28)12-17)31-11-3-4-19(16-31)27-10-9-20(13-21(33)14-27)32(27)26(35)36/h5-8,12,15,19-21,33H,3-4,9-11,13-14,16H2,1-2H3,(H,35,36). The number of aliphatic hydroxyl groups is 1. The fourth-order valence-corrected chi connectivity index (χ4v) is 6.67. The summed E-state index contributed by atoms with van der Waals surface area (Å²) in [5.41, 5.74) is 1.64. The molecule has 5 rings (SSSR count). The van der Waals surface area contributed by atoms with Crippen molar-refractivity contribution in [3.05, 3.63) is 48.0 Å². The molecule has 36 heavy (non-hydrogen) atoms. The Hall–Kier alpha value is -3.20. The fraction of sp³-hybridized carbons (Fsp3) is 0.519. The number of halogens is 1. The molecule has 2 N–H and O–H groups in total. The lowest BCUT2D eigenvalue weighted by Gasteiger charge is -2.52. The third-order valence-electron chi connectivity index (χ3n) is 8.29. The van der Waals surface area contributed by atoms with Crippen molar-refractivity contribution in [2.24, 2.45) is 5.92 Å². The van der Waals surface area contributed by atoms with Gasteiger partial charge in [0.1, 0.15) is 11.5 Å². The van der Waals surface area contributed by atoms with E-state index in [9.17, 15) is 19.8 Å². The molecule has 3 saturated heterocycles. The molecule has 1 aromatic heterocycles. The number of nitrogens with zero attached hydrogens (tertiary/aromatic N) is 4. The highest BCUT2D eigenvalue weighted by molar-refractivity contribution is 5.92. The minimum atomic E-state index is -0.913. The van der Waals surface area contributed by atoms with Crippen LogP contribution in [0.5, 0.6) is 0 Å². The van der Waals surface area contributed by atoms with Crippen LogP contribution < -0.4 is 4.90 Å². The van der Waals surface area contributed by atoms with Crippen molar-refractivity contribution in [2.75, 3.05) is 32.1 Å². The molecule has 1 aromatic carbocycles. The number of carboxylic acid groups (broad SMARTS) is 1. The van der Waals surface area contributed by atoms with Gasteiger partial charge < -0.3 is 20.0 Å². The average molecular weight is 497 g/mol. The quantitative estimate of drug-likeness (QED) is 0.668. The van der Waals surface area contributed by atoms with Gasteiger partial charge in [-0.3, -0.25) is 14.7 Å². The summed E-state index contributed by atoms with van der Waals surface area (Å²) in [6, 6.07) is 8.38. The number of fused-ring (bicyclic) bond motifs is 2. The van der Waals surface area contributed by atoms with Crippen LogP contribution >= 0.6 is 0 Å². The molecule has 0 spiro atoms. The van der Waals surface area contributed by atoms with E-state index in [-0.39, 0.29) is 23.7 Å². The molecule has 4 heterocycles. The Kier molecular flexibility index (Phi) is 6.36. The third kappa shape index (κ3) is 4.19. The maximum Gasteiger partial charge on any atom is 0.408 e. The van der Waals surface area contributed by atoms with Crippen molar-refractivity contribution in [2.45, 2.75) is 56.2 Å². The molecular formula is C27H33FN4O4. The molecule has 9 heteroatoms. The lowest BCUT2D eigenvalue weighted by Crippen LogP contribution is -2.62. The highest BCUT2D eigenvalue weighted by Crippen LogP contribution is 2.51. The lowest BCUT2D eigenvalue weighted by atomic mass is 9.72. The van der Waals surface area contributed by atoms with Crippen LogP contribution in [-0.2, 0) is 0 Å². The first-order chi connectivity index (χ1) is 17.2. The van der Waals surface area contributed by atoms with Crippen molar-refractivity contribution < 1.29 is 24.2 Å². The summed E-state index contributed by atoms with van der Waals surface area (Å²) in [5, 5.41) is 20.5. The van der Waals surface area contributed by atoms with Crippen molar-refractivity contribution in [1.29, 1.82) is 0 Å². The predicted molar refractivity (Wildman–Crippen MR) is 133 cm³/mol. The van der Waals surface area contributed by atoms with Gasteiger partial charge >= 0.3 is 6.09 Å². The van der Waals surface area contributed by atoms with Crippen LogP contribution in [0.1, 0.15) is 49.0 Å². The van der Waals surface area contributed by atoms with E-state index in [2.05, 4.69) is 4.98 Å². The molecule has 3 aliphatic heterocycles. The SMILES string of the molecule is CN(C)C(=O)c1ccc(-c2ccc(N3CCCC(C45CCC(CC(O)C4)N5C(=O)O)C3)c(F)c2)cn1. The number of rotatable bonds is 4. The molecule has 0 saturated carbocycles. The number of hydrogen-bond acceptors (Lipinski definition) is 5. The summed E-state index contributed by atoms with van der Waals surface area (Å²) >= 11 is 0. The largest absolute Gasteiger partial charge is 0.465 e. The molecule has 4 unspecified atom stereocenters. The van der Waals surface area contributed by atoms with E-state index < -0.39 is 17.7 Å². The lowest BCUT2D eigenvalue weighted by molar-refractivity contribution is -0.0390. The number of piperidine rings is 2. The van der Waals surface area contributed by atoms with E-state index in [4.69, 9.17) is 0 Å². The zero-order valence-corrected chi connectivity index (χ0v) is 20.7. The van der Waals surface area contributed by atoms with Gasteiger partial charge in [0.05, 0.1) is 17.3 Å². The molecule has 0 aliphatic carbocycles. The highest BCUT2D eigenvalue weighted by atomic mass is 19.1. The number of anilines is 1. The van der Waals surface area contributed by atoms with Gasteiger partial charge in [-0.15, -0.1) is 0 Å². The van der Waals surface area contributed by atoms with Gasteiger partial charge in [0.15, 0.2) is 0 Å². The van der Waals surface area contributed by atoms with Crippen LogP contribution in [-0.4, -0.2) is 81.9 Å². The summed E-state index contributed by atoms with van der Waals surface area (Å²) < 4.78 is 15.4. The van der Waals surface area contributed by atoms with E-state index in [1.54, 1.807) is 43.4 Å². The van der Waals surface area contributed by atoms with Gasteiger partial charge in [0.2, 0.25) is 0 Å². The summed E-state index contributed by atoms with van der Waals surface area (Å²) in [6.45, 7) is 1.26. The van der Waals surface area contributed by atoms with Gasteiger partial charge in [-0.2, -0.15) is 0 Å². The Labute approximate surface area is 210 Å². The van der Waals surface area contributed by atoms with Crippen molar-refractivity contribution in [3.8, 4) is 11.1 Å². The Balaban J connectivity index is 1.36. The molecule has 8 nitrogen and oxygen atoms in total. The number of carbonyl (C=O) groups is 2. The van der Waals surface area contributed by atoms with Crippen LogP contribution in [0, 0.1) is 11.7 Å². The normalized spacial score (nSPS) is 27.7. The number of aromatic nitrogens is 1. The zero-order valence-electron chi connectivity index (χ0n) is 20.7. The first-order valence-electron chi connectivity index (χ1n) is 12.6. The van der Waals surface area contributed by atoms with E-state index in [0.29, 0.717) is 42.9 Å². The molecule has 2 amide bonds. The van der Waals surface area contributed by atoms with E-state index in [1.165, 1.54) is 11.0 Å². The summed E-state index contributed by atoms with van der Waals surface area (Å²) in [6.07, 6.45) is 4.35. The fourth-order valence-electron chi connectivity index (χ4n) is 6.67. The second-order valence-electron chi connectivity index (χ2n) is 10.6. The van der Waals surface area contributed by atoms with E-state index >= 15 is 4.39 Å². The molecular weight excluding hydrogens is 463 g/mol. The van der Waals surface area contributed by atoms with Crippen LogP contribution in [0.2, 0.25) is 0 Å². The number of hydrogen-bond donors (Lipinski definition) is 2. The minimum Gasteiger partial charge on any atom is -0.465 e. The molecule has 0 radical (unpaired) electrons. The summed E-state index contributed by atoms with van der Waals surface area (Å²) in [7, 11) is 3.33. The number of carbonyl (C=O) groups excluding carboxylic acids is 1. The molecule has 4 atom stereocenters. The van der Waals surface area contributed by atoms with Gasteiger partial charge in [0, 0.05) is 50.9 Å². The second-order valence-corrected chi connectivity index (χ2v) is 10.6. The van der Waals surface area contributed by atoms with Gasteiger partial charge in [-0.05, 0) is 62.3 Å². The smallest absolute Gasteiger partial charge is 0.408 e. The molecule has 2 bridgehead atoms. The molecule has 192 valence electrons. The zero-order chi connectivity index (χ0) is 25.6. The third-order valence-corrected chi connectivity index (χ3v) is 8.29. The Morgan fingerprint density at radius 2 is 1.94 bits per heavy atom. The topological polar surface area (TPSA) is 97.2 Å². The molecule has 2 aromatic rings.